The van der Waals surface area contributed by atoms with Gasteiger partial charge in [0.25, 0.3) is 0 Å². The van der Waals surface area contributed by atoms with Crippen molar-refractivity contribution in [1.29, 1.82) is 0 Å². The van der Waals surface area contributed by atoms with E-state index in [1.54, 1.807) is 13.3 Å². The summed E-state index contributed by atoms with van der Waals surface area (Å²) in [6, 6.07) is 7.99. The van der Waals surface area contributed by atoms with Crippen LogP contribution < -0.4 is 4.74 Å². The molecule has 15 heavy (non-hydrogen) atoms. The van der Waals surface area contributed by atoms with E-state index < -0.39 is 0 Å². The van der Waals surface area contributed by atoms with Gasteiger partial charge in [-0.1, -0.05) is 6.07 Å². The molecule has 0 unspecified atom stereocenters. The molecule has 2 rings (SSSR count). The fraction of sp³-hybridized carbons (Fsp3) is 0.250. The summed E-state index contributed by atoms with van der Waals surface area (Å²) in [5.41, 5.74) is 2.03. The Morgan fingerprint density at radius 3 is 3.00 bits per heavy atom. The molecule has 0 amide bonds. The second kappa shape index (κ2) is 4.28. The number of aryl methyl sites for hydroxylation is 1. The Morgan fingerprint density at radius 1 is 1.33 bits per heavy atom. The molecule has 0 aliphatic rings. The van der Waals surface area contributed by atoms with Crippen LogP contribution in [0.5, 0.6) is 5.75 Å². The number of nitrogens with zero attached hydrogens (tertiary/aromatic N) is 1. The Morgan fingerprint density at radius 2 is 2.20 bits per heavy atom. The quantitative estimate of drug-likeness (QED) is 0.718. The summed E-state index contributed by atoms with van der Waals surface area (Å²) in [6.45, 7) is 2.28. The number of aromatic nitrogens is 1. The van der Waals surface area contributed by atoms with Gasteiger partial charge in [0, 0.05) is 18.7 Å². The molecular weight excluding hydrogens is 190 g/mol. The van der Waals surface area contributed by atoms with Gasteiger partial charge in [0.2, 0.25) is 0 Å². The van der Waals surface area contributed by atoms with Crippen LogP contribution in [-0.2, 0) is 4.74 Å². The first-order valence-electron chi connectivity index (χ1n) is 4.78. The van der Waals surface area contributed by atoms with Crippen LogP contribution in [0.15, 0.2) is 30.5 Å². The molecule has 1 aromatic carbocycles. The highest BCUT2D eigenvalue weighted by Gasteiger charge is 2.03. The number of hydrogen-bond donors (Lipinski definition) is 0. The van der Waals surface area contributed by atoms with Gasteiger partial charge in [0.15, 0.2) is 6.79 Å². The van der Waals surface area contributed by atoms with Gasteiger partial charge in [-0.15, -0.1) is 0 Å². The zero-order chi connectivity index (χ0) is 10.7. The molecule has 0 bridgehead atoms. The first kappa shape index (κ1) is 9.93. The second-order valence-electron chi connectivity index (χ2n) is 3.39. The lowest BCUT2D eigenvalue weighted by molar-refractivity contribution is 0.0520. The highest BCUT2D eigenvalue weighted by molar-refractivity contribution is 5.85. The van der Waals surface area contributed by atoms with Crippen molar-refractivity contribution in [3.8, 4) is 5.75 Å². The molecule has 3 nitrogen and oxygen atoms in total. The molecule has 2 aromatic rings. The molecule has 0 radical (unpaired) electrons. The van der Waals surface area contributed by atoms with E-state index in [0.29, 0.717) is 0 Å². The molecule has 0 saturated carbocycles. The number of pyridine rings is 1. The number of rotatable bonds is 3. The van der Waals surface area contributed by atoms with Crippen LogP contribution in [0.3, 0.4) is 0 Å². The molecule has 0 saturated heterocycles. The molecule has 0 fully saturated rings. The second-order valence-corrected chi connectivity index (χ2v) is 3.39. The van der Waals surface area contributed by atoms with E-state index in [-0.39, 0.29) is 6.79 Å². The van der Waals surface area contributed by atoms with E-state index in [2.05, 4.69) is 11.1 Å². The van der Waals surface area contributed by atoms with Gasteiger partial charge in [0.1, 0.15) is 11.3 Å². The molecule has 78 valence electrons. The van der Waals surface area contributed by atoms with E-state index in [1.807, 2.05) is 25.1 Å². The van der Waals surface area contributed by atoms with Crippen molar-refractivity contribution < 1.29 is 9.47 Å². The zero-order valence-electron chi connectivity index (χ0n) is 8.86. The summed E-state index contributed by atoms with van der Waals surface area (Å²) in [4.78, 5) is 4.29. The third-order valence-electron chi connectivity index (χ3n) is 2.15. The lowest BCUT2D eigenvalue weighted by Gasteiger charge is -2.08. The standard InChI is InChI=1S/C12H13NO2/c1-9-6-10-4-3-5-13-12(10)11(7-9)15-8-14-2/h3-7H,8H2,1-2H3. The number of fused-ring (bicyclic) bond motifs is 1. The fourth-order valence-corrected chi connectivity index (χ4v) is 1.53. The fourth-order valence-electron chi connectivity index (χ4n) is 1.53. The summed E-state index contributed by atoms with van der Waals surface area (Å²) in [7, 11) is 1.60. The summed E-state index contributed by atoms with van der Waals surface area (Å²) >= 11 is 0. The summed E-state index contributed by atoms with van der Waals surface area (Å²) in [5.74, 6) is 0.771. The lowest BCUT2D eigenvalue weighted by atomic mass is 10.1. The van der Waals surface area contributed by atoms with Gasteiger partial charge in [-0.2, -0.15) is 0 Å². The van der Waals surface area contributed by atoms with Crippen molar-refractivity contribution in [3.63, 3.8) is 0 Å². The normalized spacial score (nSPS) is 10.5. The minimum atomic E-state index is 0.245. The largest absolute Gasteiger partial charge is 0.465 e. The monoisotopic (exact) mass is 203 g/mol. The topological polar surface area (TPSA) is 31.4 Å². The molecule has 3 heteroatoms. The minimum Gasteiger partial charge on any atom is -0.465 e. The van der Waals surface area contributed by atoms with Crippen molar-refractivity contribution in [2.45, 2.75) is 6.92 Å². The van der Waals surface area contributed by atoms with Crippen LogP contribution in [-0.4, -0.2) is 18.9 Å². The van der Waals surface area contributed by atoms with E-state index in [9.17, 15) is 0 Å². The van der Waals surface area contributed by atoms with Gasteiger partial charge >= 0.3 is 0 Å². The third-order valence-corrected chi connectivity index (χ3v) is 2.15. The maximum Gasteiger partial charge on any atom is 0.188 e. The van der Waals surface area contributed by atoms with Crippen LogP contribution in [0.2, 0.25) is 0 Å². The molecular formula is C12H13NO2. The first-order chi connectivity index (χ1) is 7.31. The Kier molecular flexibility index (Phi) is 2.83. The van der Waals surface area contributed by atoms with Gasteiger partial charge < -0.3 is 9.47 Å². The van der Waals surface area contributed by atoms with Crippen LogP contribution >= 0.6 is 0 Å². The Labute approximate surface area is 88.7 Å². The van der Waals surface area contributed by atoms with Gasteiger partial charge in [-0.05, 0) is 30.7 Å². The Hall–Kier alpha value is -1.61. The molecule has 0 aliphatic heterocycles. The predicted octanol–water partition coefficient (Wildman–Crippen LogP) is 2.53. The SMILES string of the molecule is COCOc1cc(C)cc2cccnc12. The van der Waals surface area contributed by atoms with Crippen molar-refractivity contribution in [2.24, 2.45) is 0 Å². The smallest absolute Gasteiger partial charge is 0.188 e. The zero-order valence-corrected chi connectivity index (χ0v) is 8.86. The highest BCUT2D eigenvalue weighted by atomic mass is 16.7. The highest BCUT2D eigenvalue weighted by Crippen LogP contribution is 2.25. The van der Waals surface area contributed by atoms with E-state index in [4.69, 9.17) is 9.47 Å². The number of benzene rings is 1. The van der Waals surface area contributed by atoms with Crippen molar-refractivity contribution in [2.75, 3.05) is 13.9 Å². The molecule has 0 spiro atoms. The number of ether oxygens (including phenoxy) is 2. The Bertz CT molecular complexity index is 468. The van der Waals surface area contributed by atoms with Crippen LogP contribution in [0.1, 0.15) is 5.56 Å². The maximum absolute atomic E-state index is 5.46. The summed E-state index contributed by atoms with van der Waals surface area (Å²) in [6.07, 6.45) is 1.76. The van der Waals surface area contributed by atoms with Gasteiger partial charge in [-0.25, -0.2) is 0 Å². The van der Waals surface area contributed by atoms with Crippen LogP contribution in [0.25, 0.3) is 10.9 Å². The molecule has 1 aromatic heterocycles. The van der Waals surface area contributed by atoms with E-state index in [1.165, 1.54) is 0 Å². The Balaban J connectivity index is 2.50. The van der Waals surface area contributed by atoms with E-state index >= 15 is 0 Å². The van der Waals surface area contributed by atoms with E-state index in [0.717, 1.165) is 22.2 Å². The molecule has 0 atom stereocenters. The number of methoxy groups -OCH3 is 1. The van der Waals surface area contributed by atoms with Crippen molar-refractivity contribution in [3.05, 3.63) is 36.0 Å². The van der Waals surface area contributed by atoms with Gasteiger partial charge in [0.05, 0.1) is 0 Å². The van der Waals surface area contributed by atoms with Crippen molar-refractivity contribution >= 4 is 10.9 Å². The summed E-state index contributed by atoms with van der Waals surface area (Å²) in [5, 5.41) is 1.09. The summed E-state index contributed by atoms with van der Waals surface area (Å²) < 4.78 is 10.3. The predicted molar refractivity (Wildman–Crippen MR) is 59.0 cm³/mol. The van der Waals surface area contributed by atoms with Crippen LogP contribution in [0.4, 0.5) is 0 Å². The minimum absolute atomic E-state index is 0.245. The average Bonchev–Trinajstić information content (AvgIpc) is 2.25. The van der Waals surface area contributed by atoms with Gasteiger partial charge in [-0.3, -0.25) is 4.98 Å². The van der Waals surface area contributed by atoms with Crippen molar-refractivity contribution in [1.82, 2.24) is 4.98 Å². The molecule has 0 N–H and O–H groups in total. The first-order valence-corrected chi connectivity index (χ1v) is 4.78. The molecule has 1 heterocycles. The number of hydrogen-bond acceptors (Lipinski definition) is 3. The average molecular weight is 203 g/mol. The maximum atomic E-state index is 5.46. The van der Waals surface area contributed by atoms with Crippen LogP contribution in [0, 0.1) is 6.92 Å². The third kappa shape index (κ3) is 2.07. The lowest BCUT2D eigenvalue weighted by Crippen LogP contribution is -2.00. The molecule has 0 aliphatic carbocycles.